The van der Waals surface area contributed by atoms with Gasteiger partial charge in [-0.2, -0.15) is 0 Å². The molecular formula is C13H12F2N2O2. The van der Waals surface area contributed by atoms with E-state index in [0.29, 0.717) is 11.8 Å². The molecule has 6 heteroatoms. The largest absolute Gasteiger partial charge is 0.467 e. The van der Waals surface area contributed by atoms with Crippen LogP contribution in [-0.4, -0.2) is 17.9 Å². The first-order valence-corrected chi connectivity index (χ1v) is 5.51. The second kappa shape index (κ2) is 5.09. The van der Waals surface area contributed by atoms with E-state index in [1.54, 1.807) is 12.1 Å². The Morgan fingerprint density at radius 2 is 2.11 bits per heavy atom. The number of carbonyl (C=O) groups excluding carboxylic acids is 1. The molecule has 1 amide bonds. The molecule has 2 aromatic rings. The second-order valence-electron chi connectivity index (χ2n) is 4.09. The van der Waals surface area contributed by atoms with Gasteiger partial charge in [-0.3, -0.25) is 4.79 Å². The van der Waals surface area contributed by atoms with Crippen LogP contribution >= 0.6 is 0 Å². The molecule has 2 N–H and O–H groups in total. The molecule has 0 unspecified atom stereocenters. The predicted octanol–water partition coefficient (Wildman–Crippen LogP) is 2.41. The summed E-state index contributed by atoms with van der Waals surface area (Å²) in [6.07, 6.45) is 1.48. The van der Waals surface area contributed by atoms with Gasteiger partial charge >= 0.3 is 0 Å². The number of rotatable bonds is 3. The van der Waals surface area contributed by atoms with Gasteiger partial charge in [0.25, 0.3) is 5.91 Å². The first kappa shape index (κ1) is 13.1. The zero-order chi connectivity index (χ0) is 14.0. The van der Waals surface area contributed by atoms with Crippen molar-refractivity contribution in [2.45, 2.75) is 6.54 Å². The van der Waals surface area contributed by atoms with E-state index in [4.69, 9.17) is 10.2 Å². The Balaban J connectivity index is 2.21. The fourth-order valence-electron chi connectivity index (χ4n) is 1.64. The highest BCUT2D eigenvalue weighted by molar-refractivity contribution is 5.95. The summed E-state index contributed by atoms with van der Waals surface area (Å²) in [5.41, 5.74) is 4.79. The molecule has 1 aromatic carbocycles. The minimum atomic E-state index is -0.942. The van der Waals surface area contributed by atoms with Crippen molar-refractivity contribution in [3.63, 3.8) is 0 Å². The van der Waals surface area contributed by atoms with E-state index in [1.165, 1.54) is 18.2 Å². The fourth-order valence-corrected chi connectivity index (χ4v) is 1.64. The van der Waals surface area contributed by atoms with Crippen LogP contribution in [0.1, 0.15) is 16.1 Å². The number of benzene rings is 1. The molecule has 0 fully saturated rings. The van der Waals surface area contributed by atoms with Crippen molar-refractivity contribution in [1.29, 1.82) is 0 Å². The van der Waals surface area contributed by atoms with Gasteiger partial charge in [-0.1, -0.05) is 0 Å². The third-order valence-electron chi connectivity index (χ3n) is 2.64. The lowest BCUT2D eigenvalue weighted by Crippen LogP contribution is -2.27. The van der Waals surface area contributed by atoms with Crippen molar-refractivity contribution in [2.24, 2.45) is 0 Å². The van der Waals surface area contributed by atoms with E-state index in [2.05, 4.69) is 0 Å². The van der Waals surface area contributed by atoms with Gasteiger partial charge < -0.3 is 15.1 Å². The highest BCUT2D eigenvalue weighted by Crippen LogP contribution is 2.18. The van der Waals surface area contributed by atoms with Gasteiger partial charge in [0.1, 0.15) is 17.4 Å². The number of hydrogen-bond donors (Lipinski definition) is 1. The minimum absolute atomic E-state index is 0.183. The number of nitrogens with two attached hydrogens (primary N) is 1. The number of amides is 1. The molecule has 19 heavy (non-hydrogen) atoms. The molecule has 0 atom stereocenters. The summed E-state index contributed by atoms with van der Waals surface area (Å²) in [5, 5.41) is 0. The van der Waals surface area contributed by atoms with E-state index in [-0.39, 0.29) is 17.8 Å². The number of halogens is 2. The highest BCUT2D eigenvalue weighted by atomic mass is 19.1. The van der Waals surface area contributed by atoms with Crippen LogP contribution in [0.4, 0.5) is 14.5 Å². The third kappa shape index (κ3) is 2.73. The van der Waals surface area contributed by atoms with Crippen LogP contribution in [0.3, 0.4) is 0 Å². The third-order valence-corrected chi connectivity index (χ3v) is 2.64. The molecule has 2 rings (SSSR count). The molecule has 0 aliphatic rings. The summed E-state index contributed by atoms with van der Waals surface area (Å²) >= 11 is 0. The first-order chi connectivity index (χ1) is 8.99. The number of furan rings is 1. The Kier molecular flexibility index (Phi) is 3.50. The van der Waals surface area contributed by atoms with Crippen molar-refractivity contribution < 1.29 is 18.0 Å². The molecule has 0 spiro atoms. The van der Waals surface area contributed by atoms with Crippen molar-refractivity contribution in [2.75, 3.05) is 12.8 Å². The normalized spacial score (nSPS) is 10.5. The summed E-state index contributed by atoms with van der Waals surface area (Å²) in [5.74, 6) is -1.86. The van der Waals surface area contributed by atoms with Crippen LogP contribution in [0.25, 0.3) is 0 Å². The van der Waals surface area contributed by atoms with Gasteiger partial charge in [0, 0.05) is 13.1 Å². The summed E-state index contributed by atoms with van der Waals surface area (Å²) in [6, 6.07) is 4.97. The SMILES string of the molecule is CN(Cc1ccco1)C(=O)c1cc(N)c(F)cc1F. The average Bonchev–Trinajstić information content (AvgIpc) is 2.85. The maximum Gasteiger partial charge on any atom is 0.257 e. The predicted molar refractivity (Wildman–Crippen MR) is 65.3 cm³/mol. The molecule has 0 saturated heterocycles. The molecule has 100 valence electrons. The van der Waals surface area contributed by atoms with Crippen LogP contribution in [0.5, 0.6) is 0 Å². The van der Waals surface area contributed by atoms with Crippen LogP contribution in [0.2, 0.25) is 0 Å². The maximum atomic E-state index is 13.6. The van der Waals surface area contributed by atoms with E-state index >= 15 is 0 Å². The Bertz CT molecular complexity index is 597. The fraction of sp³-hybridized carbons (Fsp3) is 0.154. The number of anilines is 1. The number of hydrogen-bond acceptors (Lipinski definition) is 3. The average molecular weight is 266 g/mol. The summed E-state index contributed by atoms with van der Waals surface area (Å²) in [4.78, 5) is 13.3. The van der Waals surface area contributed by atoms with Gasteiger partial charge in [0.05, 0.1) is 24.1 Å². The Morgan fingerprint density at radius 3 is 2.74 bits per heavy atom. The molecule has 0 bridgehead atoms. The van der Waals surface area contributed by atoms with E-state index < -0.39 is 17.5 Å². The monoisotopic (exact) mass is 266 g/mol. The molecule has 4 nitrogen and oxygen atoms in total. The second-order valence-corrected chi connectivity index (χ2v) is 4.09. The topological polar surface area (TPSA) is 59.5 Å². The van der Waals surface area contributed by atoms with Crippen LogP contribution in [-0.2, 0) is 6.54 Å². The number of nitrogens with zero attached hydrogens (tertiary/aromatic N) is 1. The van der Waals surface area contributed by atoms with E-state index in [0.717, 1.165) is 6.07 Å². The molecule has 1 aromatic heterocycles. The molecule has 0 saturated carbocycles. The van der Waals surface area contributed by atoms with Crippen molar-refractivity contribution in [3.8, 4) is 0 Å². The quantitative estimate of drug-likeness (QED) is 0.868. The summed E-state index contributed by atoms with van der Waals surface area (Å²) < 4.78 is 31.7. The van der Waals surface area contributed by atoms with Gasteiger partial charge in [-0.25, -0.2) is 8.78 Å². The Labute approximate surface area is 108 Å². The van der Waals surface area contributed by atoms with E-state index in [1.807, 2.05) is 0 Å². The van der Waals surface area contributed by atoms with Gasteiger partial charge in [-0.15, -0.1) is 0 Å². The van der Waals surface area contributed by atoms with E-state index in [9.17, 15) is 13.6 Å². The summed E-state index contributed by atoms with van der Waals surface area (Å²) in [7, 11) is 1.49. The lowest BCUT2D eigenvalue weighted by Gasteiger charge is -2.16. The van der Waals surface area contributed by atoms with Crippen LogP contribution in [0, 0.1) is 11.6 Å². The lowest BCUT2D eigenvalue weighted by molar-refractivity contribution is 0.0771. The summed E-state index contributed by atoms with van der Waals surface area (Å²) in [6.45, 7) is 0.183. The molecular weight excluding hydrogens is 254 g/mol. The van der Waals surface area contributed by atoms with Crippen molar-refractivity contribution in [3.05, 3.63) is 53.5 Å². The molecule has 0 radical (unpaired) electrons. The van der Waals surface area contributed by atoms with Gasteiger partial charge in [0.2, 0.25) is 0 Å². The lowest BCUT2D eigenvalue weighted by atomic mass is 10.1. The van der Waals surface area contributed by atoms with Crippen LogP contribution in [0.15, 0.2) is 34.9 Å². The zero-order valence-electron chi connectivity index (χ0n) is 10.2. The zero-order valence-corrected chi connectivity index (χ0v) is 10.2. The van der Waals surface area contributed by atoms with Crippen LogP contribution < -0.4 is 5.73 Å². The minimum Gasteiger partial charge on any atom is -0.467 e. The molecule has 0 aliphatic heterocycles. The first-order valence-electron chi connectivity index (χ1n) is 5.51. The maximum absolute atomic E-state index is 13.6. The standard InChI is InChI=1S/C13H12F2N2O2/c1-17(7-8-3-2-4-19-8)13(18)9-5-12(16)11(15)6-10(9)14/h2-6H,7,16H2,1H3. The van der Waals surface area contributed by atoms with Gasteiger partial charge in [-0.05, 0) is 18.2 Å². The van der Waals surface area contributed by atoms with Crippen molar-refractivity contribution in [1.82, 2.24) is 4.90 Å². The number of nitrogen functional groups attached to an aromatic ring is 1. The highest BCUT2D eigenvalue weighted by Gasteiger charge is 2.19. The van der Waals surface area contributed by atoms with Gasteiger partial charge in [0.15, 0.2) is 0 Å². The Morgan fingerprint density at radius 1 is 1.37 bits per heavy atom. The molecule has 1 heterocycles. The van der Waals surface area contributed by atoms with Crippen molar-refractivity contribution >= 4 is 11.6 Å². The molecule has 0 aliphatic carbocycles. The Hall–Kier alpha value is -2.37. The number of carbonyl (C=O) groups is 1. The smallest absolute Gasteiger partial charge is 0.257 e.